The maximum atomic E-state index is 12.6. The van der Waals surface area contributed by atoms with Gasteiger partial charge in [0.2, 0.25) is 5.89 Å². The molecule has 0 unspecified atom stereocenters. The topological polar surface area (TPSA) is 81.6 Å². The molecular formula is C21H21N3O3. The molecule has 2 heterocycles. The Morgan fingerprint density at radius 3 is 2.59 bits per heavy atom. The number of aromatic nitrogens is 1. The lowest BCUT2D eigenvalue weighted by molar-refractivity contribution is 0.0877. The molecule has 0 saturated carbocycles. The van der Waals surface area contributed by atoms with E-state index < -0.39 is 6.09 Å². The van der Waals surface area contributed by atoms with Crippen molar-refractivity contribution in [2.75, 3.05) is 6.54 Å². The first kappa shape index (κ1) is 17.3. The van der Waals surface area contributed by atoms with E-state index in [1.807, 2.05) is 60.7 Å². The van der Waals surface area contributed by atoms with Crippen LogP contribution in [0.2, 0.25) is 0 Å². The fourth-order valence-electron chi connectivity index (χ4n) is 3.28. The summed E-state index contributed by atoms with van der Waals surface area (Å²) < 4.78 is 11.4. The second kappa shape index (κ2) is 7.63. The van der Waals surface area contributed by atoms with E-state index in [2.05, 4.69) is 4.98 Å². The third kappa shape index (κ3) is 3.85. The number of hydrogen-bond acceptors (Lipinski definition) is 5. The van der Waals surface area contributed by atoms with Gasteiger partial charge in [-0.25, -0.2) is 9.78 Å². The van der Waals surface area contributed by atoms with Crippen molar-refractivity contribution >= 4 is 6.09 Å². The Kier molecular flexibility index (Phi) is 4.89. The van der Waals surface area contributed by atoms with E-state index in [0.29, 0.717) is 24.6 Å². The van der Waals surface area contributed by atoms with E-state index in [9.17, 15) is 4.79 Å². The molecule has 2 aromatic carbocycles. The number of hydrogen-bond donors (Lipinski definition) is 1. The van der Waals surface area contributed by atoms with Crippen LogP contribution in [0.15, 0.2) is 71.3 Å². The number of nitrogens with two attached hydrogens (primary N) is 1. The summed E-state index contributed by atoms with van der Waals surface area (Å²) in [6.07, 6.45) is 1.87. The fourth-order valence-corrected chi connectivity index (χ4v) is 3.28. The monoisotopic (exact) mass is 363 g/mol. The summed E-state index contributed by atoms with van der Waals surface area (Å²) in [4.78, 5) is 18.6. The molecule has 1 saturated heterocycles. The quantitative estimate of drug-likeness (QED) is 0.763. The van der Waals surface area contributed by atoms with Crippen molar-refractivity contribution in [3.8, 4) is 11.3 Å². The van der Waals surface area contributed by atoms with Crippen LogP contribution in [0.3, 0.4) is 0 Å². The van der Waals surface area contributed by atoms with Crippen LogP contribution >= 0.6 is 0 Å². The van der Waals surface area contributed by atoms with E-state index in [1.54, 1.807) is 11.1 Å². The highest BCUT2D eigenvalue weighted by Gasteiger charge is 2.38. The molecule has 3 aromatic rings. The first-order valence-corrected chi connectivity index (χ1v) is 8.95. The number of nitrogens with zero attached hydrogens (tertiary/aromatic N) is 2. The molecule has 1 fully saturated rings. The lowest BCUT2D eigenvalue weighted by Crippen LogP contribution is -2.33. The number of oxazole rings is 1. The van der Waals surface area contributed by atoms with Crippen LogP contribution in [0.25, 0.3) is 11.3 Å². The van der Waals surface area contributed by atoms with E-state index in [4.69, 9.17) is 14.9 Å². The van der Waals surface area contributed by atoms with E-state index in [1.165, 1.54) is 0 Å². The van der Waals surface area contributed by atoms with Gasteiger partial charge in [0, 0.05) is 18.2 Å². The summed E-state index contributed by atoms with van der Waals surface area (Å²) >= 11 is 0. The molecule has 6 heteroatoms. The van der Waals surface area contributed by atoms with E-state index in [0.717, 1.165) is 11.1 Å². The summed E-state index contributed by atoms with van der Waals surface area (Å²) in [5, 5.41) is 0. The molecule has 0 aliphatic carbocycles. The highest BCUT2D eigenvalue weighted by Crippen LogP contribution is 2.33. The molecular weight excluding hydrogens is 342 g/mol. The van der Waals surface area contributed by atoms with Crippen LogP contribution in [0.5, 0.6) is 0 Å². The zero-order valence-corrected chi connectivity index (χ0v) is 14.8. The number of ether oxygens (including phenoxy) is 1. The van der Waals surface area contributed by atoms with Gasteiger partial charge in [0.1, 0.15) is 12.6 Å². The molecule has 1 aliphatic rings. The van der Waals surface area contributed by atoms with Gasteiger partial charge in [-0.15, -0.1) is 0 Å². The third-order valence-electron chi connectivity index (χ3n) is 4.64. The summed E-state index contributed by atoms with van der Waals surface area (Å²) in [6, 6.07) is 18.9. The minimum Gasteiger partial charge on any atom is -0.445 e. The number of carbonyl (C=O) groups is 1. The second-order valence-corrected chi connectivity index (χ2v) is 6.63. The molecule has 0 radical (unpaired) electrons. The predicted molar refractivity (Wildman–Crippen MR) is 101 cm³/mol. The van der Waals surface area contributed by atoms with Gasteiger partial charge < -0.3 is 14.9 Å². The zero-order chi connectivity index (χ0) is 18.6. The Hall–Kier alpha value is -3.12. The fraction of sp³-hybridized carbons (Fsp3) is 0.238. The molecule has 1 amide bonds. The Bertz CT molecular complexity index is 895. The number of carbonyl (C=O) groups excluding carboxylic acids is 1. The van der Waals surface area contributed by atoms with Gasteiger partial charge in [0.15, 0.2) is 5.76 Å². The van der Waals surface area contributed by atoms with Crippen molar-refractivity contribution in [3.05, 3.63) is 78.3 Å². The predicted octanol–water partition coefficient (Wildman–Crippen LogP) is 3.75. The average molecular weight is 363 g/mol. The smallest absolute Gasteiger partial charge is 0.410 e. The molecule has 2 atom stereocenters. The molecule has 27 heavy (non-hydrogen) atoms. The minimum absolute atomic E-state index is 0.133. The standard InChI is InChI=1S/C21H21N3O3/c22-17-11-18(20-23-12-19(27-20)16-9-5-2-6-10-16)24(13-17)21(25)26-14-15-7-3-1-4-8-15/h1-10,12,17-18H,11,13-14,22H2/t17-,18-/m0/s1. The van der Waals surface area contributed by atoms with Crippen LogP contribution in [-0.4, -0.2) is 28.6 Å². The summed E-state index contributed by atoms with van der Waals surface area (Å²) in [5.74, 6) is 1.15. The highest BCUT2D eigenvalue weighted by atomic mass is 16.6. The van der Waals surface area contributed by atoms with E-state index >= 15 is 0 Å². The maximum absolute atomic E-state index is 12.6. The molecule has 0 spiro atoms. The van der Waals surface area contributed by atoms with Gasteiger partial charge in [-0.2, -0.15) is 0 Å². The van der Waals surface area contributed by atoms with Crippen molar-refractivity contribution < 1.29 is 13.9 Å². The number of rotatable bonds is 4. The normalized spacial score (nSPS) is 19.2. The highest BCUT2D eigenvalue weighted by molar-refractivity contribution is 5.69. The van der Waals surface area contributed by atoms with Gasteiger partial charge >= 0.3 is 6.09 Å². The lowest BCUT2D eigenvalue weighted by Gasteiger charge is -2.21. The molecule has 1 aliphatic heterocycles. The zero-order valence-electron chi connectivity index (χ0n) is 14.8. The first-order valence-electron chi connectivity index (χ1n) is 8.95. The SMILES string of the molecule is N[C@H]1C[C@@H](c2ncc(-c3ccccc3)o2)N(C(=O)OCc2ccccc2)C1. The van der Waals surface area contributed by atoms with E-state index in [-0.39, 0.29) is 18.7 Å². The minimum atomic E-state index is -0.406. The van der Waals surface area contributed by atoms with Crippen molar-refractivity contribution in [1.82, 2.24) is 9.88 Å². The Labute approximate surface area is 157 Å². The van der Waals surface area contributed by atoms with Crippen LogP contribution in [0, 0.1) is 0 Å². The number of benzene rings is 2. The molecule has 0 bridgehead atoms. The van der Waals surface area contributed by atoms with Crippen molar-refractivity contribution in [2.45, 2.75) is 25.1 Å². The van der Waals surface area contributed by atoms with Crippen molar-refractivity contribution in [2.24, 2.45) is 5.73 Å². The lowest BCUT2D eigenvalue weighted by atomic mass is 10.2. The molecule has 4 rings (SSSR count). The Morgan fingerprint density at radius 2 is 1.85 bits per heavy atom. The number of likely N-dealkylation sites (tertiary alicyclic amines) is 1. The van der Waals surface area contributed by atoms with Gasteiger partial charge in [-0.05, 0) is 12.0 Å². The summed E-state index contributed by atoms with van der Waals surface area (Å²) in [7, 11) is 0. The largest absolute Gasteiger partial charge is 0.445 e. The Morgan fingerprint density at radius 1 is 1.15 bits per heavy atom. The van der Waals surface area contributed by atoms with Crippen LogP contribution in [0.1, 0.15) is 23.9 Å². The van der Waals surface area contributed by atoms with Gasteiger partial charge in [-0.3, -0.25) is 4.90 Å². The summed E-state index contributed by atoms with van der Waals surface area (Å²) in [6.45, 7) is 0.639. The average Bonchev–Trinajstić information content (AvgIpc) is 3.34. The van der Waals surface area contributed by atoms with Gasteiger partial charge in [0.05, 0.1) is 6.20 Å². The molecule has 1 aromatic heterocycles. The molecule has 2 N–H and O–H groups in total. The van der Waals surface area contributed by atoms with Crippen LogP contribution in [0.4, 0.5) is 4.79 Å². The third-order valence-corrected chi connectivity index (χ3v) is 4.64. The van der Waals surface area contributed by atoms with Crippen LogP contribution in [-0.2, 0) is 11.3 Å². The van der Waals surface area contributed by atoms with Crippen molar-refractivity contribution in [1.29, 1.82) is 0 Å². The molecule has 138 valence electrons. The second-order valence-electron chi connectivity index (χ2n) is 6.63. The van der Waals surface area contributed by atoms with Gasteiger partial charge in [-0.1, -0.05) is 60.7 Å². The first-order chi connectivity index (χ1) is 13.2. The Balaban J connectivity index is 1.48. The van der Waals surface area contributed by atoms with Gasteiger partial charge in [0.25, 0.3) is 0 Å². The summed E-state index contributed by atoms with van der Waals surface area (Å²) in [5.41, 5.74) is 7.98. The maximum Gasteiger partial charge on any atom is 0.410 e. The molecule has 6 nitrogen and oxygen atoms in total. The van der Waals surface area contributed by atoms with Crippen LogP contribution < -0.4 is 5.73 Å². The number of amides is 1. The van der Waals surface area contributed by atoms with Crippen molar-refractivity contribution in [3.63, 3.8) is 0 Å².